The van der Waals surface area contributed by atoms with Crippen LogP contribution >= 0.6 is 0 Å². The molecule has 1 aromatic rings. The van der Waals surface area contributed by atoms with Crippen molar-refractivity contribution < 1.29 is 38.1 Å². The molecule has 0 aliphatic rings. The van der Waals surface area contributed by atoms with Gasteiger partial charge in [-0.3, -0.25) is 19.2 Å². The first-order chi connectivity index (χ1) is 16.4. The first kappa shape index (κ1) is 30.1. The van der Waals surface area contributed by atoms with Gasteiger partial charge in [0.2, 0.25) is 0 Å². The maximum absolute atomic E-state index is 12.3. The lowest BCUT2D eigenvalue weighted by Gasteiger charge is -2.16. The van der Waals surface area contributed by atoms with E-state index in [0.717, 1.165) is 0 Å². The van der Waals surface area contributed by atoms with E-state index in [1.54, 1.807) is 13.0 Å². The van der Waals surface area contributed by atoms with Crippen molar-refractivity contribution in [2.45, 2.75) is 85.8 Å². The van der Waals surface area contributed by atoms with Crippen LogP contribution < -0.4 is 15.2 Å². The monoisotopic (exact) mass is 493 g/mol. The molecule has 0 amide bonds. The van der Waals surface area contributed by atoms with Crippen LogP contribution in [0, 0.1) is 11.8 Å². The number of carbonyl (C=O) groups excluding carboxylic acids is 4. The minimum absolute atomic E-state index is 0.0956. The summed E-state index contributed by atoms with van der Waals surface area (Å²) in [5, 5.41) is 0. The van der Waals surface area contributed by atoms with Crippen molar-refractivity contribution in [2.24, 2.45) is 17.6 Å². The third-order valence-electron chi connectivity index (χ3n) is 4.89. The number of benzene rings is 1. The Morgan fingerprint density at radius 3 is 1.91 bits per heavy atom. The first-order valence-corrected chi connectivity index (χ1v) is 12.0. The van der Waals surface area contributed by atoms with E-state index in [1.165, 1.54) is 19.1 Å². The summed E-state index contributed by atoms with van der Waals surface area (Å²) in [6, 6.07) is 3.70. The van der Waals surface area contributed by atoms with Gasteiger partial charge in [0.05, 0.1) is 0 Å². The number of ether oxygens (including phenoxy) is 4. The summed E-state index contributed by atoms with van der Waals surface area (Å²) in [6.45, 7) is 10.8. The van der Waals surface area contributed by atoms with E-state index in [-0.39, 0.29) is 37.4 Å². The average Bonchev–Trinajstić information content (AvgIpc) is 2.75. The molecule has 196 valence electrons. The number of nitrogens with two attached hydrogens (primary N) is 1. The van der Waals surface area contributed by atoms with Gasteiger partial charge in [0.25, 0.3) is 0 Å². The second-order valence-corrected chi connectivity index (χ2v) is 9.45. The zero-order valence-electron chi connectivity index (χ0n) is 21.6. The largest absolute Gasteiger partial charge is 0.461 e. The smallest absolute Gasteiger partial charge is 0.323 e. The van der Waals surface area contributed by atoms with Gasteiger partial charge in [-0.25, -0.2) is 0 Å². The van der Waals surface area contributed by atoms with E-state index >= 15 is 0 Å². The number of rotatable bonds is 14. The van der Waals surface area contributed by atoms with Crippen LogP contribution in [0.15, 0.2) is 18.2 Å². The van der Waals surface area contributed by atoms with Crippen molar-refractivity contribution in [1.82, 2.24) is 0 Å². The van der Waals surface area contributed by atoms with Crippen LogP contribution in [0.25, 0.3) is 0 Å². The van der Waals surface area contributed by atoms with Crippen LogP contribution in [0.1, 0.15) is 72.8 Å². The SMILES string of the molecule is CC(=O)O[C@@H](C)COC(=O)[C@@H](N)Cc1ccc(OC(=O)CCC(C)C)c(OC(=O)CCC(C)C)c1. The van der Waals surface area contributed by atoms with Crippen LogP contribution in [0.2, 0.25) is 0 Å². The highest BCUT2D eigenvalue weighted by Crippen LogP contribution is 2.30. The van der Waals surface area contributed by atoms with E-state index in [0.29, 0.717) is 30.2 Å². The minimum Gasteiger partial charge on any atom is -0.461 e. The number of esters is 4. The molecule has 0 spiro atoms. The standard InChI is InChI=1S/C26H39NO8/c1-16(2)7-11-24(29)34-22-10-9-20(14-23(22)35-25(30)12-8-17(3)4)13-21(27)26(31)32-15-18(5)33-19(6)28/h9-10,14,16-18,21H,7-8,11-13,15,27H2,1-6H3/t18-,21-/m0/s1. The summed E-state index contributed by atoms with van der Waals surface area (Å²) in [5.74, 6) is -1.11. The quantitative estimate of drug-likeness (QED) is 0.304. The third-order valence-corrected chi connectivity index (χ3v) is 4.89. The zero-order chi connectivity index (χ0) is 26.5. The van der Waals surface area contributed by atoms with Gasteiger partial charge in [-0.15, -0.1) is 0 Å². The van der Waals surface area contributed by atoms with Gasteiger partial charge in [-0.05, 0) is 55.7 Å². The summed E-state index contributed by atoms with van der Waals surface area (Å²) >= 11 is 0. The maximum Gasteiger partial charge on any atom is 0.323 e. The summed E-state index contributed by atoms with van der Waals surface area (Å²) < 4.78 is 21.0. The summed E-state index contributed by atoms with van der Waals surface area (Å²) in [4.78, 5) is 47.8. The predicted molar refractivity (Wildman–Crippen MR) is 130 cm³/mol. The number of hydrogen-bond acceptors (Lipinski definition) is 9. The van der Waals surface area contributed by atoms with Crippen molar-refractivity contribution in [3.63, 3.8) is 0 Å². The molecule has 0 saturated heterocycles. The fraction of sp³-hybridized carbons (Fsp3) is 0.615. The molecule has 0 aliphatic heterocycles. The topological polar surface area (TPSA) is 131 Å². The molecule has 9 nitrogen and oxygen atoms in total. The first-order valence-electron chi connectivity index (χ1n) is 12.0. The Kier molecular flexibility index (Phi) is 13.0. The molecule has 2 atom stereocenters. The van der Waals surface area contributed by atoms with Gasteiger partial charge in [0.1, 0.15) is 18.8 Å². The molecule has 1 rings (SSSR count). The second-order valence-electron chi connectivity index (χ2n) is 9.45. The van der Waals surface area contributed by atoms with E-state index < -0.39 is 36.0 Å². The molecular weight excluding hydrogens is 454 g/mol. The summed E-state index contributed by atoms with van der Waals surface area (Å²) in [7, 11) is 0. The lowest BCUT2D eigenvalue weighted by molar-refractivity contribution is -0.157. The number of hydrogen-bond donors (Lipinski definition) is 1. The molecule has 0 heterocycles. The Morgan fingerprint density at radius 1 is 0.857 bits per heavy atom. The van der Waals surface area contributed by atoms with Gasteiger partial charge in [-0.1, -0.05) is 33.8 Å². The fourth-order valence-corrected chi connectivity index (χ4v) is 2.97. The van der Waals surface area contributed by atoms with Crippen molar-refractivity contribution in [3.05, 3.63) is 23.8 Å². The summed E-state index contributed by atoms with van der Waals surface area (Å²) in [6.07, 6.45) is 1.29. The second kappa shape index (κ2) is 15.1. The van der Waals surface area contributed by atoms with Gasteiger partial charge in [0, 0.05) is 19.8 Å². The van der Waals surface area contributed by atoms with Gasteiger partial charge in [0.15, 0.2) is 11.5 Å². The van der Waals surface area contributed by atoms with E-state index in [9.17, 15) is 19.2 Å². The highest BCUT2D eigenvalue weighted by Gasteiger charge is 2.20. The lowest BCUT2D eigenvalue weighted by Crippen LogP contribution is -2.36. The molecule has 0 radical (unpaired) electrons. The molecule has 0 saturated carbocycles. The Balaban J connectivity index is 2.91. The van der Waals surface area contributed by atoms with Crippen LogP contribution in [-0.2, 0) is 35.1 Å². The highest BCUT2D eigenvalue weighted by atomic mass is 16.6. The predicted octanol–water partition coefficient (Wildman–Crippen LogP) is 3.73. The average molecular weight is 494 g/mol. The van der Waals surface area contributed by atoms with Crippen LogP contribution in [0.4, 0.5) is 0 Å². The van der Waals surface area contributed by atoms with Crippen molar-refractivity contribution in [1.29, 1.82) is 0 Å². The molecule has 0 fully saturated rings. The molecule has 9 heteroatoms. The third kappa shape index (κ3) is 12.9. The lowest BCUT2D eigenvalue weighted by atomic mass is 10.1. The molecule has 1 aromatic carbocycles. The summed E-state index contributed by atoms with van der Waals surface area (Å²) in [5.41, 5.74) is 6.57. The number of carbonyl (C=O) groups is 4. The Hall–Kier alpha value is -2.94. The molecule has 2 N–H and O–H groups in total. The Morgan fingerprint density at radius 2 is 1.40 bits per heavy atom. The van der Waals surface area contributed by atoms with Gasteiger partial charge in [-0.2, -0.15) is 0 Å². The molecule has 35 heavy (non-hydrogen) atoms. The van der Waals surface area contributed by atoms with E-state index in [4.69, 9.17) is 24.7 Å². The van der Waals surface area contributed by atoms with Crippen molar-refractivity contribution in [2.75, 3.05) is 6.61 Å². The van der Waals surface area contributed by atoms with Crippen LogP contribution in [-0.4, -0.2) is 42.6 Å². The zero-order valence-corrected chi connectivity index (χ0v) is 21.6. The molecule has 0 aliphatic carbocycles. The highest BCUT2D eigenvalue weighted by molar-refractivity contribution is 5.77. The molecule has 0 unspecified atom stereocenters. The van der Waals surface area contributed by atoms with Gasteiger partial charge >= 0.3 is 23.9 Å². The molecule has 0 bridgehead atoms. The van der Waals surface area contributed by atoms with Crippen LogP contribution in [0.3, 0.4) is 0 Å². The van der Waals surface area contributed by atoms with Crippen LogP contribution in [0.5, 0.6) is 11.5 Å². The van der Waals surface area contributed by atoms with Crippen molar-refractivity contribution in [3.8, 4) is 11.5 Å². The maximum atomic E-state index is 12.3. The van der Waals surface area contributed by atoms with E-state index in [1.807, 2.05) is 27.7 Å². The molecule has 0 aromatic heterocycles. The normalized spacial score (nSPS) is 12.7. The van der Waals surface area contributed by atoms with Crippen molar-refractivity contribution >= 4 is 23.9 Å². The Bertz CT molecular complexity index is 865. The molecular formula is C26H39NO8. The van der Waals surface area contributed by atoms with E-state index in [2.05, 4.69) is 0 Å². The minimum atomic E-state index is -0.997. The Labute approximate surface area is 207 Å². The fourth-order valence-electron chi connectivity index (χ4n) is 2.97. The van der Waals surface area contributed by atoms with Gasteiger partial charge < -0.3 is 24.7 Å².